The van der Waals surface area contributed by atoms with E-state index in [-0.39, 0.29) is 22.9 Å². The smallest absolute Gasteiger partial charge is 0.254 e. The van der Waals surface area contributed by atoms with E-state index in [4.69, 9.17) is 11.6 Å². The quantitative estimate of drug-likeness (QED) is 0.907. The largest absolute Gasteiger partial charge is 0.350 e. The van der Waals surface area contributed by atoms with Gasteiger partial charge in [0.2, 0.25) is 10.0 Å². The summed E-state index contributed by atoms with van der Waals surface area (Å²) in [5.74, 6) is -1.34. The molecule has 1 aromatic rings. The molecule has 0 saturated carbocycles. The minimum Gasteiger partial charge on any atom is -0.350 e. The Morgan fingerprint density at radius 3 is 2.68 bits per heavy atom. The third-order valence-corrected chi connectivity index (χ3v) is 6.69. The van der Waals surface area contributed by atoms with Crippen molar-refractivity contribution in [3.8, 4) is 0 Å². The number of amides is 1. The SMILES string of the molecule is Cc1ccc(C(=O)NCC2(C)CCS(=O)(=O)N2C)c(F)c1Cl. The normalized spacial score (nSPS) is 24.4. The summed E-state index contributed by atoms with van der Waals surface area (Å²) >= 11 is 5.80. The zero-order valence-electron chi connectivity index (χ0n) is 12.6. The molecule has 1 fully saturated rings. The first-order chi connectivity index (χ1) is 10.1. The monoisotopic (exact) mass is 348 g/mol. The minimum absolute atomic E-state index is 0.0423. The number of halogens is 2. The lowest BCUT2D eigenvalue weighted by atomic mass is 9.99. The second-order valence-corrected chi connectivity index (χ2v) is 8.27. The van der Waals surface area contributed by atoms with E-state index in [2.05, 4.69) is 5.32 Å². The predicted octanol–water partition coefficient (Wildman–Crippen LogP) is 1.94. The van der Waals surface area contributed by atoms with E-state index in [9.17, 15) is 17.6 Å². The lowest BCUT2D eigenvalue weighted by Crippen LogP contribution is -2.49. The fourth-order valence-corrected chi connectivity index (χ4v) is 4.33. The number of carbonyl (C=O) groups is 1. The van der Waals surface area contributed by atoms with Crippen LogP contribution in [-0.2, 0) is 10.0 Å². The predicted molar refractivity (Wildman–Crippen MR) is 83.1 cm³/mol. The van der Waals surface area contributed by atoms with Crippen LogP contribution < -0.4 is 5.32 Å². The van der Waals surface area contributed by atoms with Gasteiger partial charge in [-0.3, -0.25) is 4.79 Å². The van der Waals surface area contributed by atoms with Gasteiger partial charge < -0.3 is 5.32 Å². The third kappa shape index (κ3) is 2.98. The Kier molecular flexibility index (Phi) is 4.52. The summed E-state index contributed by atoms with van der Waals surface area (Å²) in [5, 5.41) is 2.51. The standard InChI is InChI=1S/C14H18ClFN2O3S/c1-9-4-5-10(12(16)11(9)15)13(19)17-8-14(2)6-7-22(20,21)18(14)3/h4-5H,6-8H2,1-3H3,(H,17,19). The van der Waals surface area contributed by atoms with Crippen LogP contribution in [0.15, 0.2) is 12.1 Å². The third-order valence-electron chi connectivity index (χ3n) is 4.23. The van der Waals surface area contributed by atoms with E-state index < -0.39 is 27.3 Å². The highest BCUT2D eigenvalue weighted by Gasteiger charge is 2.44. The second-order valence-electron chi connectivity index (χ2n) is 5.77. The second kappa shape index (κ2) is 5.79. The summed E-state index contributed by atoms with van der Waals surface area (Å²) in [5.41, 5.74) is -0.313. The number of nitrogens with zero attached hydrogens (tertiary/aromatic N) is 1. The van der Waals surface area contributed by atoms with Crippen LogP contribution in [0.25, 0.3) is 0 Å². The lowest BCUT2D eigenvalue weighted by Gasteiger charge is -2.30. The maximum Gasteiger partial charge on any atom is 0.254 e. The summed E-state index contributed by atoms with van der Waals surface area (Å²) in [7, 11) is -1.79. The molecule has 1 aliphatic heterocycles. The summed E-state index contributed by atoms with van der Waals surface area (Å²) in [6.45, 7) is 3.50. The van der Waals surface area contributed by atoms with Crippen LogP contribution in [0, 0.1) is 12.7 Å². The minimum atomic E-state index is -3.28. The molecule has 122 valence electrons. The molecule has 0 spiro atoms. The van der Waals surface area contributed by atoms with Crippen molar-refractivity contribution in [2.45, 2.75) is 25.8 Å². The molecule has 1 heterocycles. The van der Waals surface area contributed by atoms with Gasteiger partial charge in [-0.05, 0) is 31.9 Å². The molecule has 8 heteroatoms. The van der Waals surface area contributed by atoms with E-state index in [0.717, 1.165) is 0 Å². The van der Waals surface area contributed by atoms with Crippen LogP contribution in [0.1, 0.15) is 29.3 Å². The van der Waals surface area contributed by atoms with Crippen molar-refractivity contribution in [2.24, 2.45) is 0 Å². The van der Waals surface area contributed by atoms with Crippen molar-refractivity contribution in [1.82, 2.24) is 9.62 Å². The number of hydrogen-bond donors (Lipinski definition) is 1. The van der Waals surface area contributed by atoms with Gasteiger partial charge in [0.05, 0.1) is 21.9 Å². The zero-order valence-corrected chi connectivity index (χ0v) is 14.2. The molecule has 2 rings (SSSR count). The Balaban J connectivity index is 2.13. The van der Waals surface area contributed by atoms with Gasteiger partial charge in [-0.2, -0.15) is 4.31 Å². The first-order valence-electron chi connectivity index (χ1n) is 6.78. The first-order valence-corrected chi connectivity index (χ1v) is 8.77. The molecule has 1 saturated heterocycles. The Morgan fingerprint density at radius 1 is 1.50 bits per heavy atom. The number of carbonyl (C=O) groups excluding carboxylic acids is 1. The highest BCUT2D eigenvalue weighted by atomic mass is 35.5. The number of rotatable bonds is 3. The van der Waals surface area contributed by atoms with Crippen molar-refractivity contribution >= 4 is 27.5 Å². The van der Waals surface area contributed by atoms with Crippen LogP contribution in [-0.4, -0.2) is 43.5 Å². The first kappa shape index (κ1) is 17.2. The van der Waals surface area contributed by atoms with Gasteiger partial charge in [-0.1, -0.05) is 17.7 Å². The number of benzene rings is 1. The van der Waals surface area contributed by atoms with Crippen molar-refractivity contribution < 1.29 is 17.6 Å². The van der Waals surface area contributed by atoms with Crippen LogP contribution in [0.3, 0.4) is 0 Å². The summed E-state index contributed by atoms with van der Waals surface area (Å²) in [6, 6.07) is 2.93. The van der Waals surface area contributed by atoms with Gasteiger partial charge in [-0.25, -0.2) is 12.8 Å². The number of aryl methyl sites for hydroxylation is 1. The number of nitrogens with one attached hydrogen (secondary N) is 1. The molecule has 5 nitrogen and oxygen atoms in total. The molecule has 22 heavy (non-hydrogen) atoms. The molecular weight excluding hydrogens is 331 g/mol. The van der Waals surface area contributed by atoms with Gasteiger partial charge in [0.15, 0.2) is 5.82 Å². The average molecular weight is 349 g/mol. The molecule has 1 amide bonds. The number of sulfonamides is 1. The molecule has 1 unspecified atom stereocenters. The molecule has 1 aliphatic rings. The van der Waals surface area contributed by atoms with E-state index in [1.807, 2.05) is 0 Å². The van der Waals surface area contributed by atoms with Crippen molar-refractivity contribution in [2.75, 3.05) is 19.3 Å². The van der Waals surface area contributed by atoms with Gasteiger partial charge in [0.25, 0.3) is 5.91 Å². The molecule has 0 aliphatic carbocycles. The highest BCUT2D eigenvalue weighted by Crippen LogP contribution is 2.29. The summed E-state index contributed by atoms with van der Waals surface area (Å²) < 4.78 is 38.8. The zero-order chi connectivity index (χ0) is 16.7. The van der Waals surface area contributed by atoms with Crippen molar-refractivity contribution in [3.63, 3.8) is 0 Å². The average Bonchev–Trinajstić information content (AvgIpc) is 2.67. The summed E-state index contributed by atoms with van der Waals surface area (Å²) in [4.78, 5) is 12.1. The van der Waals surface area contributed by atoms with Gasteiger partial charge in [0, 0.05) is 13.6 Å². The fourth-order valence-electron chi connectivity index (χ4n) is 2.37. The Hall–Kier alpha value is -1.18. The Labute approximate surface area is 134 Å². The van der Waals surface area contributed by atoms with Crippen LogP contribution in [0.4, 0.5) is 4.39 Å². The molecule has 0 radical (unpaired) electrons. The molecule has 0 aromatic heterocycles. The summed E-state index contributed by atoms with van der Waals surface area (Å²) in [6.07, 6.45) is 0.406. The van der Waals surface area contributed by atoms with E-state index in [1.165, 1.54) is 17.4 Å². The maximum atomic E-state index is 14.0. The molecule has 0 bridgehead atoms. The van der Waals surface area contributed by atoms with Gasteiger partial charge in [-0.15, -0.1) is 0 Å². The van der Waals surface area contributed by atoms with E-state index >= 15 is 0 Å². The lowest BCUT2D eigenvalue weighted by molar-refractivity contribution is 0.0927. The molecular formula is C14H18ClFN2O3S. The highest BCUT2D eigenvalue weighted by molar-refractivity contribution is 7.89. The fraction of sp³-hybridized carbons (Fsp3) is 0.500. The van der Waals surface area contributed by atoms with Crippen molar-refractivity contribution in [1.29, 1.82) is 0 Å². The maximum absolute atomic E-state index is 14.0. The van der Waals surface area contributed by atoms with E-state index in [0.29, 0.717) is 12.0 Å². The number of likely N-dealkylation sites (N-methyl/N-ethyl adjacent to an activating group) is 1. The van der Waals surface area contributed by atoms with Crippen molar-refractivity contribution in [3.05, 3.63) is 34.1 Å². The van der Waals surface area contributed by atoms with E-state index in [1.54, 1.807) is 19.9 Å². The molecule has 1 N–H and O–H groups in total. The van der Waals surface area contributed by atoms with Crippen LogP contribution >= 0.6 is 11.6 Å². The van der Waals surface area contributed by atoms with Crippen LogP contribution in [0.2, 0.25) is 5.02 Å². The molecule has 1 aromatic carbocycles. The topological polar surface area (TPSA) is 66.5 Å². The van der Waals surface area contributed by atoms with Gasteiger partial charge >= 0.3 is 0 Å². The van der Waals surface area contributed by atoms with Crippen LogP contribution in [0.5, 0.6) is 0 Å². The van der Waals surface area contributed by atoms with Gasteiger partial charge in [0.1, 0.15) is 0 Å². The molecule has 1 atom stereocenters. The Morgan fingerprint density at radius 2 is 2.14 bits per heavy atom. The number of hydrogen-bond acceptors (Lipinski definition) is 3. The Bertz CT molecular complexity index is 723.